The van der Waals surface area contributed by atoms with Crippen molar-refractivity contribution in [3.05, 3.63) is 0 Å². The van der Waals surface area contributed by atoms with Crippen LogP contribution >= 0.6 is 0 Å². The molecule has 0 aliphatic heterocycles. The van der Waals surface area contributed by atoms with Gasteiger partial charge in [0.1, 0.15) is 0 Å². The third kappa shape index (κ3) is 9.05. The molecular weight excluding hydrogens is 307 g/mol. The first-order chi connectivity index (χ1) is 0. The zero-order valence-electron chi connectivity index (χ0n) is 1.22. The van der Waals surface area contributed by atoms with Gasteiger partial charge in [0, 0.05) is 60.1 Å². The summed E-state index contributed by atoms with van der Waals surface area (Å²) in [6.45, 7) is 0. The van der Waals surface area contributed by atoms with Gasteiger partial charge in [0.2, 0.25) is 0 Å². The van der Waals surface area contributed by atoms with Crippen molar-refractivity contribution >= 4 is 0 Å². The fourth-order valence-corrected chi connectivity index (χ4v) is 0. The van der Waals surface area contributed by atoms with Gasteiger partial charge in [-0.1, -0.05) is 7.43 Å². The Bertz CT molecular complexity index is 8.00. The number of hydrogen-bond acceptors (Lipinski definition) is 0. The fraction of sp³-hybridized carbons (Fsp3) is 1.00. The molecule has 0 spiro atoms. The van der Waals surface area contributed by atoms with Crippen LogP contribution in [0.1, 0.15) is 7.43 Å². The van der Waals surface area contributed by atoms with E-state index in [9.17, 15) is 0 Å². The molecule has 0 aliphatic rings. The second kappa shape index (κ2) is 20.4. The molecule has 28 valence electrons. The molecule has 0 aromatic carbocycles. The molecule has 0 radical (unpaired) electrons. The van der Waals surface area contributed by atoms with Gasteiger partial charge in [-0.3, -0.25) is 0 Å². The molecule has 3 heteroatoms. The molecule has 0 heterocycles. The van der Waals surface area contributed by atoms with Gasteiger partial charge in [0.05, 0.1) is 0 Å². The predicted octanol–water partition coefficient (Wildman–Crippen LogP) is 0.629. The van der Waals surface area contributed by atoms with E-state index in [0.29, 0.717) is 0 Å². The van der Waals surface area contributed by atoms with Crippen LogP contribution in [0, 0.1) is 0 Å². The van der Waals surface area contributed by atoms with Gasteiger partial charge >= 0.3 is 0 Å². The second-order valence-corrected chi connectivity index (χ2v) is 0. The molecular formula is CH4CrPtTi. The SMILES string of the molecule is C.[Cr].[Pt].[Ti]. The van der Waals surface area contributed by atoms with Crippen LogP contribution in [-0.4, -0.2) is 0 Å². The molecule has 0 aliphatic carbocycles. The van der Waals surface area contributed by atoms with E-state index in [1.165, 1.54) is 0 Å². The van der Waals surface area contributed by atoms with E-state index >= 15 is 0 Å². The first-order valence-electron chi connectivity index (χ1n) is 0. The Morgan fingerprint density at radius 2 is 1.00 bits per heavy atom. The van der Waals surface area contributed by atoms with Gasteiger partial charge < -0.3 is 0 Å². The standard InChI is InChI=1S/CH4.Cr.Pt.Ti/h1H4;;;. The second-order valence-electron chi connectivity index (χ2n) is 0. The van der Waals surface area contributed by atoms with Gasteiger partial charge in [-0.25, -0.2) is 0 Å². The molecule has 0 bridgehead atoms. The predicted molar refractivity (Wildman–Crippen MR) is 6.73 cm³/mol. The van der Waals surface area contributed by atoms with Crippen molar-refractivity contribution in [2.45, 2.75) is 7.43 Å². The Morgan fingerprint density at radius 1 is 1.00 bits per heavy atom. The summed E-state index contributed by atoms with van der Waals surface area (Å²) < 4.78 is 0. The van der Waals surface area contributed by atoms with E-state index in [4.69, 9.17) is 0 Å². The minimum absolute atomic E-state index is 0. The van der Waals surface area contributed by atoms with Crippen molar-refractivity contribution in [2.24, 2.45) is 0 Å². The third-order valence-electron chi connectivity index (χ3n) is 0. The Morgan fingerprint density at radius 3 is 1.00 bits per heavy atom. The molecule has 0 fully saturated rings. The molecule has 0 unspecified atom stereocenters. The van der Waals surface area contributed by atoms with Crippen molar-refractivity contribution in [3.63, 3.8) is 0 Å². The number of rotatable bonds is 0. The zero-order chi connectivity index (χ0) is 0. The van der Waals surface area contributed by atoms with Crippen LogP contribution < -0.4 is 0 Å². The van der Waals surface area contributed by atoms with E-state index in [2.05, 4.69) is 0 Å². The largest absolute Gasteiger partial charge is 0.0776 e. The molecule has 4 heavy (non-hydrogen) atoms. The average Bonchev–Trinajstić information content (AvgIpc) is 0. The summed E-state index contributed by atoms with van der Waals surface area (Å²) in [6.07, 6.45) is 0. The molecule has 0 N–H and O–H groups in total. The van der Waals surface area contributed by atoms with Crippen LogP contribution in [0.4, 0.5) is 0 Å². The van der Waals surface area contributed by atoms with Gasteiger partial charge in [-0.2, -0.15) is 0 Å². The first kappa shape index (κ1) is 38.6. The molecule has 0 rings (SSSR count). The van der Waals surface area contributed by atoms with Crippen molar-refractivity contribution in [1.82, 2.24) is 0 Å². The molecule has 0 aromatic heterocycles. The summed E-state index contributed by atoms with van der Waals surface area (Å²) in [6, 6.07) is 0. The van der Waals surface area contributed by atoms with E-state index < -0.39 is 0 Å². The minimum Gasteiger partial charge on any atom is -0.0776 e. The van der Waals surface area contributed by atoms with E-state index in [1.807, 2.05) is 0 Å². The molecule has 0 nitrogen and oxygen atoms in total. The van der Waals surface area contributed by atoms with E-state index in [1.54, 1.807) is 0 Å². The Labute approximate surface area is 67.0 Å². The molecule has 0 atom stereocenters. The molecule has 0 amide bonds. The monoisotopic (exact) mass is 311 g/mol. The van der Waals surface area contributed by atoms with E-state index in [-0.39, 0.29) is 67.6 Å². The van der Waals surface area contributed by atoms with Crippen molar-refractivity contribution in [3.8, 4) is 0 Å². The maximum Gasteiger partial charge on any atom is 0 e. The normalized spacial score (nSPS) is 0. The van der Waals surface area contributed by atoms with Crippen LogP contribution in [0.25, 0.3) is 0 Å². The van der Waals surface area contributed by atoms with Crippen molar-refractivity contribution < 1.29 is 60.1 Å². The van der Waals surface area contributed by atoms with Crippen LogP contribution in [-0.2, 0) is 60.1 Å². The summed E-state index contributed by atoms with van der Waals surface area (Å²) in [7, 11) is 0. The quantitative estimate of drug-likeness (QED) is 0.576. The van der Waals surface area contributed by atoms with Crippen molar-refractivity contribution in [1.29, 1.82) is 0 Å². The summed E-state index contributed by atoms with van der Waals surface area (Å²) >= 11 is 0. The maximum atomic E-state index is 0. The minimum atomic E-state index is 0. The molecule has 0 saturated carbocycles. The summed E-state index contributed by atoms with van der Waals surface area (Å²) in [4.78, 5) is 0. The summed E-state index contributed by atoms with van der Waals surface area (Å²) in [5.41, 5.74) is 0. The van der Waals surface area contributed by atoms with Crippen LogP contribution in [0.15, 0.2) is 0 Å². The van der Waals surface area contributed by atoms with Gasteiger partial charge in [0.25, 0.3) is 0 Å². The van der Waals surface area contributed by atoms with Gasteiger partial charge in [-0.05, 0) is 0 Å². The zero-order valence-corrected chi connectivity index (χ0v) is 6.33. The summed E-state index contributed by atoms with van der Waals surface area (Å²) in [5.74, 6) is 0. The van der Waals surface area contributed by atoms with Gasteiger partial charge in [0.15, 0.2) is 0 Å². The van der Waals surface area contributed by atoms with Crippen LogP contribution in [0.3, 0.4) is 0 Å². The van der Waals surface area contributed by atoms with Gasteiger partial charge in [-0.15, -0.1) is 0 Å². The molecule has 0 aromatic rings. The fourth-order valence-electron chi connectivity index (χ4n) is 0. The third-order valence-corrected chi connectivity index (χ3v) is 0. The average molecular weight is 311 g/mol. The van der Waals surface area contributed by atoms with Crippen LogP contribution in [0.5, 0.6) is 0 Å². The Hall–Kier alpha value is 1.94. The topological polar surface area (TPSA) is 0 Å². The van der Waals surface area contributed by atoms with Crippen molar-refractivity contribution in [2.75, 3.05) is 0 Å². The van der Waals surface area contributed by atoms with E-state index in [0.717, 1.165) is 0 Å². The summed E-state index contributed by atoms with van der Waals surface area (Å²) in [5, 5.41) is 0. The smallest absolute Gasteiger partial charge is 0 e. The maximum absolute atomic E-state index is 0. The molecule has 0 saturated heterocycles. The Kier molecular flexibility index (Phi) is 197. The number of hydrogen-bond donors (Lipinski definition) is 0. The Balaban J connectivity index is 0. The first-order valence-corrected chi connectivity index (χ1v) is 0. The van der Waals surface area contributed by atoms with Crippen LogP contribution in [0.2, 0.25) is 0 Å².